The Hall–Kier alpha value is 0.0400. The molecule has 18 heavy (non-hydrogen) atoms. The molecule has 5 heteroatoms. The molecule has 2 rings (SSSR count). The maximum Gasteiger partial charge on any atom is 0.0837 e. The van der Waals surface area contributed by atoms with Crippen LogP contribution in [0.1, 0.15) is 13.8 Å². The van der Waals surface area contributed by atoms with E-state index in [9.17, 15) is 0 Å². The van der Waals surface area contributed by atoms with E-state index in [2.05, 4.69) is 40.0 Å². The van der Waals surface area contributed by atoms with Crippen LogP contribution in [0.4, 0.5) is 5.69 Å². The molecule has 1 saturated heterocycles. The number of nitrogens with zero attached hydrogens (tertiary/aromatic N) is 1. The zero-order valence-corrected chi connectivity index (χ0v) is 13.6. The van der Waals surface area contributed by atoms with Gasteiger partial charge < -0.3 is 10.2 Å². The van der Waals surface area contributed by atoms with Gasteiger partial charge in [-0.25, -0.2) is 0 Å². The SMILES string of the molecule is CC(C)C1CNCCN1c1ccc(Br)c(Cl)c1Cl. The van der Waals surface area contributed by atoms with Crippen molar-refractivity contribution in [3.63, 3.8) is 0 Å². The van der Waals surface area contributed by atoms with Crippen molar-refractivity contribution in [2.24, 2.45) is 5.92 Å². The Bertz CT molecular complexity index is 437. The van der Waals surface area contributed by atoms with Crippen molar-refractivity contribution in [3.8, 4) is 0 Å². The predicted molar refractivity (Wildman–Crippen MR) is 83.0 cm³/mol. The molecule has 1 aromatic rings. The van der Waals surface area contributed by atoms with Crippen LogP contribution in [0.2, 0.25) is 10.0 Å². The third-order valence-electron chi connectivity index (χ3n) is 3.38. The first-order valence-electron chi connectivity index (χ1n) is 6.13. The molecule has 0 saturated carbocycles. The number of halogens is 3. The smallest absolute Gasteiger partial charge is 0.0837 e. The maximum atomic E-state index is 6.38. The molecule has 0 aliphatic carbocycles. The number of benzene rings is 1. The van der Waals surface area contributed by atoms with Crippen LogP contribution in [0.15, 0.2) is 16.6 Å². The van der Waals surface area contributed by atoms with E-state index in [1.54, 1.807) is 0 Å². The van der Waals surface area contributed by atoms with Crippen molar-refractivity contribution < 1.29 is 0 Å². The predicted octanol–water partition coefficient (Wildman–Crippen LogP) is 4.19. The monoisotopic (exact) mass is 350 g/mol. The average Bonchev–Trinajstić information content (AvgIpc) is 2.36. The Labute approximate surface area is 127 Å². The fraction of sp³-hybridized carbons (Fsp3) is 0.538. The van der Waals surface area contributed by atoms with Gasteiger partial charge in [0.1, 0.15) is 0 Å². The van der Waals surface area contributed by atoms with E-state index < -0.39 is 0 Å². The van der Waals surface area contributed by atoms with E-state index in [1.807, 2.05) is 12.1 Å². The van der Waals surface area contributed by atoms with Crippen molar-refractivity contribution in [2.45, 2.75) is 19.9 Å². The van der Waals surface area contributed by atoms with E-state index in [-0.39, 0.29) is 0 Å². The molecular weight excluding hydrogens is 335 g/mol. The summed E-state index contributed by atoms with van der Waals surface area (Å²) in [7, 11) is 0. The molecule has 0 radical (unpaired) electrons. The maximum absolute atomic E-state index is 6.38. The minimum Gasteiger partial charge on any atom is -0.364 e. The third kappa shape index (κ3) is 2.79. The summed E-state index contributed by atoms with van der Waals surface area (Å²) >= 11 is 16.0. The van der Waals surface area contributed by atoms with Crippen LogP contribution in [-0.2, 0) is 0 Å². The fourth-order valence-corrected chi connectivity index (χ4v) is 3.24. The van der Waals surface area contributed by atoms with E-state index in [1.165, 1.54) is 0 Å². The lowest BCUT2D eigenvalue weighted by molar-refractivity contribution is 0.390. The van der Waals surface area contributed by atoms with E-state index >= 15 is 0 Å². The Balaban J connectivity index is 2.37. The molecule has 0 spiro atoms. The fourth-order valence-electron chi connectivity index (χ4n) is 2.36. The van der Waals surface area contributed by atoms with Crippen molar-refractivity contribution in [3.05, 3.63) is 26.7 Å². The zero-order valence-electron chi connectivity index (χ0n) is 10.5. The molecule has 1 aliphatic rings. The second-order valence-electron chi connectivity index (χ2n) is 4.90. The summed E-state index contributed by atoms with van der Waals surface area (Å²) in [5.74, 6) is 0.566. The van der Waals surface area contributed by atoms with Crippen molar-refractivity contribution in [2.75, 3.05) is 24.5 Å². The minimum atomic E-state index is 0.452. The molecule has 100 valence electrons. The van der Waals surface area contributed by atoms with Crippen LogP contribution in [0.3, 0.4) is 0 Å². The molecular formula is C13H17BrCl2N2. The number of hydrogen-bond donors (Lipinski definition) is 1. The molecule has 0 bridgehead atoms. The molecule has 1 atom stereocenters. The molecule has 1 N–H and O–H groups in total. The van der Waals surface area contributed by atoms with Gasteiger partial charge >= 0.3 is 0 Å². The second-order valence-corrected chi connectivity index (χ2v) is 6.51. The lowest BCUT2D eigenvalue weighted by Gasteiger charge is -2.40. The van der Waals surface area contributed by atoms with Crippen molar-refractivity contribution in [1.29, 1.82) is 0 Å². The highest BCUT2D eigenvalue weighted by atomic mass is 79.9. The highest BCUT2D eigenvalue weighted by molar-refractivity contribution is 9.10. The number of anilines is 1. The van der Waals surface area contributed by atoms with Crippen molar-refractivity contribution in [1.82, 2.24) is 5.32 Å². The molecule has 1 fully saturated rings. The van der Waals surface area contributed by atoms with Gasteiger partial charge in [0.25, 0.3) is 0 Å². The molecule has 1 heterocycles. The summed E-state index contributed by atoms with van der Waals surface area (Å²) < 4.78 is 0.842. The molecule has 1 aliphatic heterocycles. The zero-order chi connectivity index (χ0) is 13.3. The normalized spacial score (nSPS) is 20.6. The van der Waals surface area contributed by atoms with Gasteiger partial charge in [-0.15, -0.1) is 0 Å². The highest BCUT2D eigenvalue weighted by Crippen LogP contribution is 2.39. The van der Waals surface area contributed by atoms with Gasteiger partial charge in [-0.05, 0) is 34.0 Å². The molecule has 0 aromatic heterocycles. The van der Waals surface area contributed by atoms with Crippen LogP contribution in [-0.4, -0.2) is 25.7 Å². The van der Waals surface area contributed by atoms with Crippen LogP contribution in [0.5, 0.6) is 0 Å². The summed E-state index contributed by atoms with van der Waals surface area (Å²) in [5.41, 5.74) is 1.03. The van der Waals surface area contributed by atoms with Gasteiger partial charge in [0.15, 0.2) is 0 Å². The summed E-state index contributed by atoms with van der Waals surface area (Å²) in [5, 5.41) is 4.66. The third-order valence-corrected chi connectivity index (χ3v) is 5.14. The largest absolute Gasteiger partial charge is 0.364 e. The van der Waals surface area contributed by atoms with Crippen LogP contribution >= 0.6 is 39.1 Å². The highest BCUT2D eigenvalue weighted by Gasteiger charge is 2.27. The summed E-state index contributed by atoms with van der Waals surface area (Å²) in [4.78, 5) is 2.36. The van der Waals surface area contributed by atoms with E-state index in [4.69, 9.17) is 23.2 Å². The van der Waals surface area contributed by atoms with Gasteiger partial charge in [-0.1, -0.05) is 37.0 Å². The number of rotatable bonds is 2. The standard InChI is InChI=1S/C13H17BrCl2N2/c1-8(2)11-7-17-5-6-18(11)10-4-3-9(14)12(15)13(10)16/h3-4,8,11,17H,5-7H2,1-2H3. The van der Waals surface area contributed by atoms with E-state index in [0.717, 1.165) is 29.8 Å². The van der Waals surface area contributed by atoms with Gasteiger partial charge in [-0.2, -0.15) is 0 Å². The number of hydrogen-bond acceptors (Lipinski definition) is 2. The first-order chi connectivity index (χ1) is 8.52. The van der Waals surface area contributed by atoms with Crippen molar-refractivity contribution >= 4 is 44.8 Å². The Morgan fingerprint density at radius 3 is 2.72 bits per heavy atom. The minimum absolute atomic E-state index is 0.452. The van der Waals surface area contributed by atoms with Gasteiger partial charge in [-0.3, -0.25) is 0 Å². The first kappa shape index (κ1) is 14.4. The lowest BCUT2D eigenvalue weighted by Crippen LogP contribution is -2.53. The Kier molecular flexibility index (Phi) is 4.81. The summed E-state index contributed by atoms with van der Waals surface area (Å²) in [6, 6.07) is 4.45. The molecule has 2 nitrogen and oxygen atoms in total. The van der Waals surface area contributed by atoms with Gasteiger partial charge in [0.2, 0.25) is 0 Å². The second kappa shape index (κ2) is 6.00. The summed E-state index contributed by atoms with van der Waals surface area (Å²) in [6.45, 7) is 7.40. The summed E-state index contributed by atoms with van der Waals surface area (Å²) in [6.07, 6.45) is 0. The quantitative estimate of drug-likeness (QED) is 0.803. The topological polar surface area (TPSA) is 15.3 Å². The Morgan fingerprint density at radius 1 is 1.33 bits per heavy atom. The first-order valence-corrected chi connectivity index (χ1v) is 7.68. The molecule has 1 unspecified atom stereocenters. The average molecular weight is 352 g/mol. The van der Waals surface area contributed by atoms with Crippen LogP contribution < -0.4 is 10.2 Å². The molecule has 0 amide bonds. The number of nitrogens with one attached hydrogen (secondary N) is 1. The van der Waals surface area contributed by atoms with E-state index in [0.29, 0.717) is 22.0 Å². The number of piperazine rings is 1. The van der Waals surface area contributed by atoms with Crippen LogP contribution in [0, 0.1) is 5.92 Å². The van der Waals surface area contributed by atoms with Crippen LogP contribution in [0.25, 0.3) is 0 Å². The van der Waals surface area contributed by atoms with Gasteiger partial charge in [0.05, 0.1) is 15.7 Å². The Morgan fingerprint density at radius 2 is 2.06 bits per heavy atom. The molecule has 1 aromatic carbocycles. The van der Waals surface area contributed by atoms with Gasteiger partial charge in [0, 0.05) is 30.1 Å². The lowest BCUT2D eigenvalue weighted by atomic mass is 10.00.